The predicted molar refractivity (Wildman–Crippen MR) is 113 cm³/mol. The second-order valence-electron chi connectivity index (χ2n) is 8.09. The van der Waals surface area contributed by atoms with Crippen molar-refractivity contribution in [3.8, 4) is 0 Å². The van der Waals surface area contributed by atoms with E-state index < -0.39 is 15.8 Å². The fourth-order valence-corrected chi connectivity index (χ4v) is 5.90. The van der Waals surface area contributed by atoms with Crippen LogP contribution in [0.5, 0.6) is 0 Å². The summed E-state index contributed by atoms with van der Waals surface area (Å²) in [6.07, 6.45) is 9.55. The molecule has 2 aliphatic rings. The number of aromatic nitrogens is 2. The summed E-state index contributed by atoms with van der Waals surface area (Å²) in [5.41, 5.74) is 0.815. The van der Waals surface area contributed by atoms with Crippen LogP contribution in [0.15, 0.2) is 47.8 Å². The van der Waals surface area contributed by atoms with Crippen LogP contribution in [-0.4, -0.2) is 42.8 Å². The molecule has 160 valence electrons. The van der Waals surface area contributed by atoms with E-state index in [0.717, 1.165) is 37.7 Å². The van der Waals surface area contributed by atoms with Crippen LogP contribution >= 0.6 is 0 Å². The van der Waals surface area contributed by atoms with Gasteiger partial charge in [0.05, 0.1) is 22.3 Å². The van der Waals surface area contributed by atoms with Crippen molar-refractivity contribution >= 4 is 21.6 Å². The highest BCUT2D eigenvalue weighted by molar-refractivity contribution is 7.92. The van der Waals surface area contributed by atoms with Gasteiger partial charge in [0, 0.05) is 25.6 Å². The summed E-state index contributed by atoms with van der Waals surface area (Å²) in [6, 6.07) is 6.86. The molecule has 1 N–H and O–H groups in total. The molecule has 1 amide bonds. The zero-order chi connectivity index (χ0) is 21.0. The topological polar surface area (TPSA) is 98.2 Å². The van der Waals surface area contributed by atoms with Crippen LogP contribution in [0.3, 0.4) is 0 Å². The summed E-state index contributed by atoms with van der Waals surface area (Å²) >= 11 is 0. The van der Waals surface area contributed by atoms with E-state index in [1.54, 1.807) is 30.5 Å². The Kier molecular flexibility index (Phi) is 6.43. The third kappa shape index (κ3) is 4.70. The number of anilines is 1. The molecule has 0 radical (unpaired) electrons. The molecule has 1 aliphatic carbocycles. The second kappa shape index (κ2) is 9.22. The number of nitrogens with zero attached hydrogens (tertiary/aromatic N) is 2. The number of hydrogen-bond donors (Lipinski definition) is 1. The van der Waals surface area contributed by atoms with Gasteiger partial charge < -0.3 is 10.1 Å². The molecule has 0 bridgehead atoms. The first kappa shape index (κ1) is 20.9. The van der Waals surface area contributed by atoms with Crippen molar-refractivity contribution in [2.45, 2.75) is 54.6 Å². The zero-order valence-electron chi connectivity index (χ0n) is 16.9. The standard InChI is InChI=1S/C22H27N3O4S/c26-22(25-21-15-23-10-11-24-21)20(14-16-8-12-29-13-9-16)17-4-6-19(7-5-17)30(27,28)18-2-1-3-18/h4-7,10-11,15-16,18,20H,1-3,8-9,12-14H2,(H,24,25,26). The smallest absolute Gasteiger partial charge is 0.233 e. The number of benzene rings is 1. The Hall–Kier alpha value is -2.32. The van der Waals surface area contributed by atoms with Gasteiger partial charge in [0.2, 0.25) is 5.91 Å². The van der Waals surface area contributed by atoms with Gasteiger partial charge >= 0.3 is 0 Å². The number of carbonyl (C=O) groups is 1. The van der Waals surface area contributed by atoms with Gasteiger partial charge in [-0.3, -0.25) is 9.78 Å². The molecule has 1 aromatic heterocycles. The Morgan fingerprint density at radius 3 is 2.43 bits per heavy atom. The maximum absolute atomic E-state index is 13.1. The van der Waals surface area contributed by atoms with E-state index in [0.29, 0.717) is 36.3 Å². The molecule has 1 saturated carbocycles. The van der Waals surface area contributed by atoms with Crippen LogP contribution in [0.1, 0.15) is 50.0 Å². The molecule has 2 fully saturated rings. The minimum absolute atomic E-state index is 0.156. The molecule has 2 aromatic rings. The van der Waals surface area contributed by atoms with Crippen molar-refractivity contribution in [2.24, 2.45) is 5.92 Å². The fraction of sp³-hybridized carbons (Fsp3) is 0.500. The van der Waals surface area contributed by atoms with E-state index in [4.69, 9.17) is 4.74 Å². The quantitative estimate of drug-likeness (QED) is 0.725. The monoisotopic (exact) mass is 429 g/mol. The third-order valence-electron chi connectivity index (χ3n) is 6.14. The van der Waals surface area contributed by atoms with Crippen molar-refractivity contribution in [1.82, 2.24) is 9.97 Å². The highest BCUT2D eigenvalue weighted by Crippen LogP contribution is 2.34. The molecule has 8 heteroatoms. The van der Waals surface area contributed by atoms with Gasteiger partial charge in [-0.2, -0.15) is 0 Å². The Bertz CT molecular complexity index is 954. The lowest BCUT2D eigenvalue weighted by molar-refractivity contribution is -0.118. The summed E-state index contributed by atoms with van der Waals surface area (Å²) in [5.74, 6) is 0.241. The van der Waals surface area contributed by atoms with E-state index in [1.807, 2.05) is 0 Å². The number of sulfone groups is 1. The number of ether oxygens (including phenoxy) is 1. The lowest BCUT2D eigenvalue weighted by Gasteiger charge is -2.27. The summed E-state index contributed by atoms with van der Waals surface area (Å²) in [5, 5.41) is 2.59. The van der Waals surface area contributed by atoms with Crippen LogP contribution in [0.4, 0.5) is 5.82 Å². The Labute approximate surface area is 177 Å². The first-order chi connectivity index (χ1) is 14.5. The van der Waals surface area contributed by atoms with Crippen molar-refractivity contribution in [2.75, 3.05) is 18.5 Å². The zero-order valence-corrected chi connectivity index (χ0v) is 17.7. The molecule has 30 heavy (non-hydrogen) atoms. The summed E-state index contributed by atoms with van der Waals surface area (Å²) in [4.78, 5) is 21.6. The first-order valence-corrected chi connectivity index (χ1v) is 12.1. The van der Waals surface area contributed by atoms with Gasteiger partial charge in [-0.1, -0.05) is 18.6 Å². The Morgan fingerprint density at radius 1 is 1.10 bits per heavy atom. The largest absolute Gasteiger partial charge is 0.381 e. The minimum atomic E-state index is -3.28. The van der Waals surface area contributed by atoms with Crippen LogP contribution in [0.2, 0.25) is 0 Å². The second-order valence-corrected chi connectivity index (χ2v) is 10.3. The van der Waals surface area contributed by atoms with Gasteiger partial charge in [0.1, 0.15) is 0 Å². The van der Waals surface area contributed by atoms with Crippen LogP contribution in [0, 0.1) is 5.92 Å². The normalized spacial score (nSPS) is 19.1. The molecular formula is C22H27N3O4S. The summed E-state index contributed by atoms with van der Waals surface area (Å²) < 4.78 is 30.8. The molecule has 4 rings (SSSR count). The van der Waals surface area contributed by atoms with Crippen molar-refractivity contribution in [3.05, 3.63) is 48.4 Å². The summed E-state index contributed by atoms with van der Waals surface area (Å²) in [7, 11) is -3.28. The van der Waals surface area contributed by atoms with Crippen LogP contribution < -0.4 is 5.32 Å². The molecular weight excluding hydrogens is 402 g/mol. The van der Waals surface area contributed by atoms with Crippen molar-refractivity contribution < 1.29 is 17.9 Å². The Balaban J connectivity index is 1.55. The summed E-state index contributed by atoms with van der Waals surface area (Å²) in [6.45, 7) is 1.42. The molecule has 2 heterocycles. The predicted octanol–water partition coefficient (Wildman–Crippen LogP) is 3.34. The van der Waals surface area contributed by atoms with E-state index in [1.165, 1.54) is 12.4 Å². The highest BCUT2D eigenvalue weighted by Gasteiger charge is 2.33. The van der Waals surface area contributed by atoms with E-state index >= 15 is 0 Å². The van der Waals surface area contributed by atoms with Gasteiger partial charge in [0.25, 0.3) is 0 Å². The SMILES string of the molecule is O=C(Nc1cnccn1)C(CC1CCOCC1)c1ccc(S(=O)(=O)C2CCC2)cc1. The average Bonchev–Trinajstić information content (AvgIpc) is 2.72. The van der Waals surface area contributed by atoms with Crippen molar-refractivity contribution in [1.29, 1.82) is 0 Å². The average molecular weight is 430 g/mol. The minimum Gasteiger partial charge on any atom is -0.381 e. The molecule has 1 aromatic carbocycles. The number of rotatable bonds is 7. The number of carbonyl (C=O) groups excluding carboxylic acids is 1. The fourth-order valence-electron chi connectivity index (χ4n) is 4.05. The Morgan fingerprint density at radius 2 is 1.83 bits per heavy atom. The van der Waals surface area contributed by atoms with Crippen LogP contribution in [-0.2, 0) is 19.4 Å². The molecule has 1 unspecified atom stereocenters. The number of hydrogen-bond acceptors (Lipinski definition) is 6. The highest BCUT2D eigenvalue weighted by atomic mass is 32.2. The van der Waals surface area contributed by atoms with Crippen LogP contribution in [0.25, 0.3) is 0 Å². The van der Waals surface area contributed by atoms with E-state index in [2.05, 4.69) is 15.3 Å². The molecule has 0 spiro atoms. The maximum atomic E-state index is 13.1. The number of amides is 1. The van der Waals surface area contributed by atoms with Crippen molar-refractivity contribution in [3.63, 3.8) is 0 Å². The third-order valence-corrected chi connectivity index (χ3v) is 8.42. The molecule has 1 saturated heterocycles. The molecule has 1 aliphatic heterocycles. The van der Waals surface area contributed by atoms with E-state index in [9.17, 15) is 13.2 Å². The molecule has 7 nitrogen and oxygen atoms in total. The molecule has 1 atom stereocenters. The first-order valence-electron chi connectivity index (χ1n) is 10.5. The van der Waals surface area contributed by atoms with Gasteiger partial charge in [0.15, 0.2) is 15.7 Å². The lowest BCUT2D eigenvalue weighted by Crippen LogP contribution is -2.28. The van der Waals surface area contributed by atoms with Gasteiger partial charge in [-0.25, -0.2) is 13.4 Å². The van der Waals surface area contributed by atoms with E-state index in [-0.39, 0.29) is 11.2 Å². The van der Waals surface area contributed by atoms with Gasteiger partial charge in [-0.15, -0.1) is 0 Å². The number of nitrogens with one attached hydrogen (secondary N) is 1. The van der Waals surface area contributed by atoms with Gasteiger partial charge in [-0.05, 0) is 55.7 Å². The maximum Gasteiger partial charge on any atom is 0.233 e. The lowest BCUT2D eigenvalue weighted by atomic mass is 9.84.